The number of nitrogens with zero attached hydrogens (tertiary/aromatic N) is 1. The van der Waals surface area contributed by atoms with Crippen LogP contribution in [-0.4, -0.2) is 29.6 Å². The molecule has 0 aliphatic heterocycles. The molecule has 2 N–H and O–H groups in total. The van der Waals surface area contributed by atoms with Crippen LogP contribution in [0.25, 0.3) is 0 Å². The van der Waals surface area contributed by atoms with Gasteiger partial charge in [-0.1, -0.05) is 26.2 Å². The first-order chi connectivity index (χ1) is 6.83. The Morgan fingerprint density at radius 1 is 1.07 bits per heavy atom. The maximum atomic E-state index is 6.18. The van der Waals surface area contributed by atoms with Gasteiger partial charge in [-0.25, -0.2) is 0 Å². The average Bonchev–Trinajstić information content (AvgIpc) is 2.80. The molecule has 2 heteroatoms. The van der Waals surface area contributed by atoms with Gasteiger partial charge in [-0.3, -0.25) is 4.90 Å². The molecule has 2 unspecified atom stereocenters. The number of rotatable bonds is 3. The smallest absolute Gasteiger partial charge is 0.0250 e. The van der Waals surface area contributed by atoms with Crippen molar-refractivity contribution in [1.82, 2.24) is 4.90 Å². The lowest BCUT2D eigenvalue weighted by Gasteiger charge is -2.35. The van der Waals surface area contributed by atoms with Gasteiger partial charge in [0.05, 0.1) is 0 Å². The van der Waals surface area contributed by atoms with Crippen LogP contribution in [0.15, 0.2) is 0 Å². The fraction of sp³-hybridized carbons (Fsp3) is 1.00. The van der Waals surface area contributed by atoms with Crippen molar-refractivity contribution in [1.29, 1.82) is 0 Å². The Kier molecular flexibility index (Phi) is 3.45. The highest BCUT2D eigenvalue weighted by Gasteiger charge is 2.33. The second-order valence-corrected chi connectivity index (χ2v) is 4.93. The maximum absolute atomic E-state index is 6.18. The van der Waals surface area contributed by atoms with E-state index in [1.54, 1.807) is 0 Å². The lowest BCUT2D eigenvalue weighted by Crippen LogP contribution is -2.48. The molecule has 0 amide bonds. The normalized spacial score (nSPS) is 34.5. The zero-order valence-corrected chi connectivity index (χ0v) is 9.41. The van der Waals surface area contributed by atoms with Gasteiger partial charge in [0.15, 0.2) is 0 Å². The molecule has 2 nitrogen and oxygen atoms in total. The molecule has 0 radical (unpaired) electrons. The molecule has 0 aromatic carbocycles. The molecule has 0 bridgehead atoms. The van der Waals surface area contributed by atoms with Gasteiger partial charge in [0.1, 0.15) is 0 Å². The van der Waals surface area contributed by atoms with Gasteiger partial charge in [-0.2, -0.15) is 0 Å². The fourth-order valence-corrected chi connectivity index (χ4v) is 3.38. The van der Waals surface area contributed by atoms with E-state index < -0.39 is 0 Å². The summed E-state index contributed by atoms with van der Waals surface area (Å²) >= 11 is 0. The summed E-state index contributed by atoms with van der Waals surface area (Å²) in [6.45, 7) is 3.49. The molecule has 0 heterocycles. The van der Waals surface area contributed by atoms with Crippen molar-refractivity contribution in [2.24, 2.45) is 5.73 Å². The van der Waals surface area contributed by atoms with Crippen molar-refractivity contribution in [2.45, 2.75) is 70.0 Å². The van der Waals surface area contributed by atoms with Gasteiger partial charge in [-0.05, 0) is 32.2 Å². The predicted molar refractivity (Wildman–Crippen MR) is 60.3 cm³/mol. The molecule has 2 saturated carbocycles. The minimum atomic E-state index is 0.454. The van der Waals surface area contributed by atoms with E-state index in [9.17, 15) is 0 Å². The molecule has 2 fully saturated rings. The van der Waals surface area contributed by atoms with E-state index in [0.29, 0.717) is 12.1 Å². The third-order valence-electron chi connectivity index (χ3n) is 4.12. The minimum Gasteiger partial charge on any atom is -0.326 e. The molecule has 14 heavy (non-hydrogen) atoms. The van der Waals surface area contributed by atoms with Crippen molar-refractivity contribution in [3.8, 4) is 0 Å². The first kappa shape index (κ1) is 10.4. The Morgan fingerprint density at radius 3 is 2.29 bits per heavy atom. The van der Waals surface area contributed by atoms with E-state index in [4.69, 9.17) is 5.73 Å². The summed E-state index contributed by atoms with van der Waals surface area (Å²) in [6, 6.07) is 2.01. The van der Waals surface area contributed by atoms with E-state index in [1.165, 1.54) is 51.5 Å². The van der Waals surface area contributed by atoms with Crippen LogP contribution in [0.4, 0.5) is 0 Å². The summed E-state index contributed by atoms with van der Waals surface area (Å²) in [5.74, 6) is 0. The zero-order valence-electron chi connectivity index (χ0n) is 9.41. The summed E-state index contributed by atoms with van der Waals surface area (Å²) in [6.07, 6.45) is 9.62. The van der Waals surface area contributed by atoms with Gasteiger partial charge in [0.2, 0.25) is 0 Å². The van der Waals surface area contributed by atoms with E-state index in [1.807, 2.05) is 0 Å². The lowest BCUT2D eigenvalue weighted by molar-refractivity contribution is 0.135. The van der Waals surface area contributed by atoms with Crippen LogP contribution in [0.5, 0.6) is 0 Å². The Morgan fingerprint density at radius 2 is 1.79 bits per heavy atom. The molecular formula is C12H24N2. The average molecular weight is 196 g/mol. The molecular weight excluding hydrogens is 172 g/mol. The molecule has 2 rings (SSSR count). The highest BCUT2D eigenvalue weighted by molar-refractivity contribution is 4.91. The standard InChI is InChI=1S/C12H24N2/c1-2-14(10-6-3-4-7-10)12-9-5-8-11(12)13/h10-12H,2-9,13H2,1H3. The van der Waals surface area contributed by atoms with Crippen molar-refractivity contribution < 1.29 is 0 Å². The highest BCUT2D eigenvalue weighted by Crippen LogP contribution is 2.30. The first-order valence-corrected chi connectivity index (χ1v) is 6.34. The second kappa shape index (κ2) is 4.63. The van der Waals surface area contributed by atoms with Crippen molar-refractivity contribution >= 4 is 0 Å². The highest BCUT2D eigenvalue weighted by atomic mass is 15.2. The van der Waals surface area contributed by atoms with Crippen molar-refractivity contribution in [2.75, 3.05) is 6.54 Å². The summed E-state index contributed by atoms with van der Waals surface area (Å²) in [5, 5.41) is 0. The third-order valence-corrected chi connectivity index (χ3v) is 4.12. The van der Waals surface area contributed by atoms with Crippen LogP contribution in [-0.2, 0) is 0 Å². The van der Waals surface area contributed by atoms with E-state index in [-0.39, 0.29) is 0 Å². The van der Waals surface area contributed by atoms with Gasteiger partial charge in [0.25, 0.3) is 0 Å². The summed E-state index contributed by atoms with van der Waals surface area (Å²) < 4.78 is 0. The van der Waals surface area contributed by atoms with Crippen LogP contribution < -0.4 is 5.73 Å². The monoisotopic (exact) mass is 196 g/mol. The topological polar surface area (TPSA) is 29.3 Å². The van der Waals surface area contributed by atoms with Gasteiger partial charge in [0, 0.05) is 18.1 Å². The molecule has 0 spiro atoms. The van der Waals surface area contributed by atoms with E-state index >= 15 is 0 Å². The Labute approximate surface area is 87.8 Å². The summed E-state index contributed by atoms with van der Waals surface area (Å²) in [5.41, 5.74) is 6.18. The van der Waals surface area contributed by atoms with Crippen molar-refractivity contribution in [3.63, 3.8) is 0 Å². The number of hydrogen-bond acceptors (Lipinski definition) is 2. The molecule has 2 aliphatic carbocycles. The van der Waals surface area contributed by atoms with Crippen LogP contribution >= 0.6 is 0 Å². The summed E-state index contributed by atoms with van der Waals surface area (Å²) in [7, 11) is 0. The quantitative estimate of drug-likeness (QED) is 0.749. The van der Waals surface area contributed by atoms with E-state index in [0.717, 1.165) is 6.04 Å². The number of hydrogen-bond donors (Lipinski definition) is 1. The number of nitrogens with two attached hydrogens (primary N) is 1. The van der Waals surface area contributed by atoms with Gasteiger partial charge < -0.3 is 5.73 Å². The Balaban J connectivity index is 1.96. The molecule has 0 saturated heterocycles. The minimum absolute atomic E-state index is 0.454. The van der Waals surface area contributed by atoms with Crippen LogP contribution in [0.2, 0.25) is 0 Å². The van der Waals surface area contributed by atoms with Gasteiger partial charge in [-0.15, -0.1) is 0 Å². The largest absolute Gasteiger partial charge is 0.326 e. The first-order valence-electron chi connectivity index (χ1n) is 6.34. The van der Waals surface area contributed by atoms with Crippen LogP contribution in [0.3, 0.4) is 0 Å². The molecule has 0 aromatic rings. The summed E-state index contributed by atoms with van der Waals surface area (Å²) in [4.78, 5) is 2.70. The molecule has 2 aliphatic rings. The number of likely N-dealkylation sites (N-methyl/N-ethyl adjacent to an activating group) is 1. The predicted octanol–water partition coefficient (Wildman–Crippen LogP) is 2.13. The van der Waals surface area contributed by atoms with Crippen molar-refractivity contribution in [3.05, 3.63) is 0 Å². The maximum Gasteiger partial charge on any atom is 0.0250 e. The van der Waals surface area contributed by atoms with Gasteiger partial charge >= 0.3 is 0 Å². The SMILES string of the molecule is CCN(C1CCCC1)C1CCCC1N. The second-order valence-electron chi connectivity index (χ2n) is 4.93. The Hall–Kier alpha value is -0.0800. The zero-order chi connectivity index (χ0) is 9.97. The third kappa shape index (κ3) is 1.96. The molecule has 2 atom stereocenters. The molecule has 82 valence electrons. The fourth-order valence-electron chi connectivity index (χ4n) is 3.38. The van der Waals surface area contributed by atoms with E-state index in [2.05, 4.69) is 11.8 Å². The lowest BCUT2D eigenvalue weighted by atomic mass is 10.1. The Bertz CT molecular complexity index is 175. The molecule has 0 aromatic heterocycles. The van der Waals surface area contributed by atoms with Crippen LogP contribution in [0.1, 0.15) is 51.9 Å². The van der Waals surface area contributed by atoms with Crippen LogP contribution in [0, 0.1) is 0 Å².